The van der Waals surface area contributed by atoms with Crippen molar-refractivity contribution >= 4 is 0 Å². The van der Waals surface area contributed by atoms with E-state index in [1.807, 2.05) is 0 Å². The van der Waals surface area contributed by atoms with Crippen molar-refractivity contribution in [2.45, 2.75) is 19.4 Å². The Morgan fingerprint density at radius 1 is 1.56 bits per heavy atom. The molecule has 1 heterocycles. The summed E-state index contributed by atoms with van der Waals surface area (Å²) in [7, 11) is 1.75. The third-order valence-corrected chi connectivity index (χ3v) is 1.94. The largest absolute Gasteiger partial charge is 0.379 e. The molecule has 0 saturated carbocycles. The molecule has 0 amide bonds. The number of methoxy groups -OCH3 is 1. The molecule has 0 N–H and O–H groups in total. The second-order valence-corrected chi connectivity index (χ2v) is 2.62. The van der Waals surface area contributed by atoms with E-state index in [9.17, 15) is 0 Å². The van der Waals surface area contributed by atoms with Crippen molar-refractivity contribution in [2.24, 2.45) is 5.92 Å². The molecule has 9 heavy (non-hydrogen) atoms. The summed E-state index contributed by atoms with van der Waals surface area (Å²) in [4.78, 5) is 0. The lowest BCUT2D eigenvalue weighted by Gasteiger charge is -2.27. The molecule has 0 aliphatic carbocycles. The molecule has 2 heteroatoms. The Balaban J connectivity index is 2.30. The maximum Gasteiger partial charge on any atom is 0.0830 e. The van der Waals surface area contributed by atoms with Crippen LogP contribution in [0, 0.1) is 5.92 Å². The van der Waals surface area contributed by atoms with Gasteiger partial charge in [-0.3, -0.25) is 0 Å². The van der Waals surface area contributed by atoms with Crippen LogP contribution in [0.3, 0.4) is 0 Å². The molecule has 0 bridgehead atoms. The van der Waals surface area contributed by atoms with Gasteiger partial charge in [0.25, 0.3) is 0 Å². The molecule has 54 valence electrons. The molecule has 1 rings (SSSR count). The maximum atomic E-state index is 5.22. The van der Waals surface area contributed by atoms with Crippen LogP contribution >= 0.6 is 0 Å². The van der Waals surface area contributed by atoms with Crippen LogP contribution in [0.15, 0.2) is 0 Å². The van der Waals surface area contributed by atoms with E-state index in [0.717, 1.165) is 19.6 Å². The average molecular weight is 130 g/mol. The van der Waals surface area contributed by atoms with Crippen LogP contribution in [0.1, 0.15) is 13.3 Å². The lowest BCUT2D eigenvalue weighted by Crippen LogP contribution is -2.31. The van der Waals surface area contributed by atoms with Crippen molar-refractivity contribution in [1.82, 2.24) is 0 Å². The van der Waals surface area contributed by atoms with Crippen LogP contribution in [0.2, 0.25) is 0 Å². The van der Waals surface area contributed by atoms with Crippen LogP contribution in [-0.2, 0) is 9.47 Å². The third-order valence-electron chi connectivity index (χ3n) is 1.94. The fourth-order valence-electron chi connectivity index (χ4n) is 1.12. The van der Waals surface area contributed by atoms with E-state index >= 15 is 0 Å². The van der Waals surface area contributed by atoms with Gasteiger partial charge in [0.15, 0.2) is 0 Å². The van der Waals surface area contributed by atoms with Gasteiger partial charge in [-0.25, -0.2) is 0 Å². The summed E-state index contributed by atoms with van der Waals surface area (Å²) in [5, 5.41) is 0. The Hall–Kier alpha value is -0.0800. The molecule has 1 fully saturated rings. The first-order valence-corrected chi connectivity index (χ1v) is 3.45. The van der Waals surface area contributed by atoms with Gasteiger partial charge in [-0.2, -0.15) is 0 Å². The van der Waals surface area contributed by atoms with Crippen LogP contribution in [0.5, 0.6) is 0 Å². The lowest BCUT2D eigenvalue weighted by molar-refractivity contribution is -0.0600. The molecule has 0 radical (unpaired) electrons. The second kappa shape index (κ2) is 3.18. The van der Waals surface area contributed by atoms with Crippen LogP contribution in [0.4, 0.5) is 0 Å². The molecule has 0 aromatic rings. The van der Waals surface area contributed by atoms with Gasteiger partial charge in [0.1, 0.15) is 0 Å². The Morgan fingerprint density at radius 2 is 2.33 bits per heavy atom. The highest BCUT2D eigenvalue weighted by molar-refractivity contribution is 4.69. The third kappa shape index (κ3) is 1.66. The zero-order valence-corrected chi connectivity index (χ0v) is 6.09. The monoisotopic (exact) mass is 130 g/mol. The zero-order chi connectivity index (χ0) is 6.69. The summed E-state index contributed by atoms with van der Waals surface area (Å²) in [6, 6.07) is 0. The molecule has 0 aromatic heterocycles. The zero-order valence-electron chi connectivity index (χ0n) is 6.09. The first kappa shape index (κ1) is 7.03. The number of rotatable bonds is 1. The number of ether oxygens (including phenoxy) is 2. The van der Waals surface area contributed by atoms with E-state index < -0.39 is 0 Å². The summed E-state index contributed by atoms with van der Waals surface area (Å²) in [5.41, 5.74) is 0. The lowest BCUT2D eigenvalue weighted by atomic mass is 10.00. The molecule has 2 atom stereocenters. The standard InChI is InChI=1S/C7H14O2/c1-6-3-4-9-5-7(6)8-2/h6-7H,3-5H2,1-2H3/t6-,7+/m0/s1. The van der Waals surface area contributed by atoms with Crippen molar-refractivity contribution in [3.05, 3.63) is 0 Å². The quantitative estimate of drug-likeness (QED) is 0.528. The van der Waals surface area contributed by atoms with Crippen LogP contribution in [0.25, 0.3) is 0 Å². The van der Waals surface area contributed by atoms with Gasteiger partial charge in [0.2, 0.25) is 0 Å². The molecule has 1 aliphatic heterocycles. The van der Waals surface area contributed by atoms with E-state index in [2.05, 4.69) is 6.92 Å². The van der Waals surface area contributed by atoms with E-state index in [4.69, 9.17) is 9.47 Å². The van der Waals surface area contributed by atoms with Gasteiger partial charge in [-0.05, 0) is 12.3 Å². The molecule has 1 saturated heterocycles. The van der Waals surface area contributed by atoms with Crippen LogP contribution < -0.4 is 0 Å². The summed E-state index contributed by atoms with van der Waals surface area (Å²) in [5.74, 6) is 0.670. The second-order valence-electron chi connectivity index (χ2n) is 2.62. The first-order valence-electron chi connectivity index (χ1n) is 3.45. The molecule has 2 nitrogen and oxygen atoms in total. The van der Waals surface area contributed by atoms with Gasteiger partial charge in [-0.15, -0.1) is 0 Å². The van der Waals surface area contributed by atoms with Crippen molar-refractivity contribution in [3.63, 3.8) is 0 Å². The van der Waals surface area contributed by atoms with Gasteiger partial charge < -0.3 is 9.47 Å². The fraction of sp³-hybridized carbons (Fsp3) is 1.00. The highest BCUT2D eigenvalue weighted by Crippen LogP contribution is 2.16. The summed E-state index contributed by atoms with van der Waals surface area (Å²) in [6.45, 7) is 3.88. The minimum Gasteiger partial charge on any atom is -0.379 e. The Kier molecular flexibility index (Phi) is 2.49. The molecular formula is C7H14O2. The summed E-state index contributed by atoms with van der Waals surface area (Å²) < 4.78 is 10.4. The van der Waals surface area contributed by atoms with E-state index in [0.29, 0.717) is 12.0 Å². The molecular weight excluding hydrogens is 116 g/mol. The minimum absolute atomic E-state index is 0.332. The predicted octanol–water partition coefficient (Wildman–Crippen LogP) is 1.06. The summed E-state index contributed by atoms with van der Waals surface area (Å²) >= 11 is 0. The van der Waals surface area contributed by atoms with Crippen molar-refractivity contribution in [3.8, 4) is 0 Å². The van der Waals surface area contributed by atoms with Gasteiger partial charge in [0.05, 0.1) is 12.7 Å². The van der Waals surface area contributed by atoms with Gasteiger partial charge >= 0.3 is 0 Å². The van der Waals surface area contributed by atoms with Gasteiger partial charge in [-0.1, -0.05) is 6.92 Å². The number of hydrogen-bond donors (Lipinski definition) is 0. The summed E-state index contributed by atoms with van der Waals surface area (Å²) in [6.07, 6.45) is 1.47. The molecule has 0 spiro atoms. The molecule has 0 aromatic carbocycles. The molecule has 0 unspecified atom stereocenters. The normalized spacial score (nSPS) is 36.7. The van der Waals surface area contributed by atoms with Crippen molar-refractivity contribution in [2.75, 3.05) is 20.3 Å². The smallest absolute Gasteiger partial charge is 0.0830 e. The number of hydrogen-bond acceptors (Lipinski definition) is 2. The van der Waals surface area contributed by atoms with Crippen LogP contribution in [-0.4, -0.2) is 26.4 Å². The fourth-order valence-corrected chi connectivity index (χ4v) is 1.12. The SMILES string of the molecule is CO[C@@H]1COCC[C@@H]1C. The Labute approximate surface area is 56.2 Å². The van der Waals surface area contributed by atoms with Crippen molar-refractivity contribution in [1.29, 1.82) is 0 Å². The predicted molar refractivity (Wildman–Crippen MR) is 35.4 cm³/mol. The van der Waals surface area contributed by atoms with E-state index in [-0.39, 0.29) is 0 Å². The minimum atomic E-state index is 0.332. The average Bonchev–Trinajstić information content (AvgIpc) is 1.89. The highest BCUT2D eigenvalue weighted by Gasteiger charge is 2.20. The maximum absolute atomic E-state index is 5.22. The van der Waals surface area contributed by atoms with E-state index in [1.165, 1.54) is 0 Å². The van der Waals surface area contributed by atoms with E-state index in [1.54, 1.807) is 7.11 Å². The molecule has 1 aliphatic rings. The highest BCUT2D eigenvalue weighted by atomic mass is 16.5. The van der Waals surface area contributed by atoms with Gasteiger partial charge in [0, 0.05) is 13.7 Å². The Morgan fingerprint density at radius 3 is 2.78 bits per heavy atom. The van der Waals surface area contributed by atoms with Crippen molar-refractivity contribution < 1.29 is 9.47 Å². The first-order chi connectivity index (χ1) is 4.34. The topological polar surface area (TPSA) is 18.5 Å². The Bertz CT molecular complexity index is 83.0.